The third-order valence-corrected chi connectivity index (χ3v) is 15.3. The molecule has 1 N–H and O–H groups in total. The highest BCUT2D eigenvalue weighted by atomic mass is 16.7. The van der Waals surface area contributed by atoms with Crippen molar-refractivity contribution >= 4 is 17.9 Å². The average molecular weight is 1130 g/mol. The quantitative estimate of drug-likeness (QED) is 0.0211. The summed E-state index contributed by atoms with van der Waals surface area (Å²) >= 11 is 0. The van der Waals surface area contributed by atoms with Crippen LogP contribution < -0.4 is 0 Å². The Morgan fingerprint density at radius 2 is 0.675 bits per heavy atom. The van der Waals surface area contributed by atoms with E-state index in [9.17, 15) is 19.5 Å². The Morgan fingerprint density at radius 3 is 1.01 bits per heavy atom. The smallest absolute Gasteiger partial charge is 0.361 e. The Balaban J connectivity index is 3.91. The average Bonchev–Trinajstić information content (AvgIpc) is 3.43. The first-order valence-electron chi connectivity index (χ1n) is 34.3. The largest absolute Gasteiger partial charge is 0.477 e. The van der Waals surface area contributed by atoms with Gasteiger partial charge in [0.1, 0.15) is 13.2 Å². The van der Waals surface area contributed by atoms with Gasteiger partial charge in [-0.15, -0.1) is 0 Å². The van der Waals surface area contributed by atoms with Crippen LogP contribution in [0.3, 0.4) is 0 Å². The highest BCUT2D eigenvalue weighted by molar-refractivity contribution is 5.71. The molecule has 0 aromatic carbocycles. The zero-order valence-corrected chi connectivity index (χ0v) is 53.5. The van der Waals surface area contributed by atoms with Crippen LogP contribution in [0.1, 0.15) is 328 Å². The fourth-order valence-electron chi connectivity index (χ4n) is 10.0. The Bertz CT molecular complexity index is 1450. The van der Waals surface area contributed by atoms with Crippen LogP contribution in [-0.2, 0) is 33.3 Å². The number of hydrogen-bond donors (Lipinski definition) is 1. The maximum absolute atomic E-state index is 12.9. The van der Waals surface area contributed by atoms with E-state index in [2.05, 4.69) is 62.5 Å². The number of ether oxygens (including phenoxy) is 4. The van der Waals surface area contributed by atoms with E-state index < -0.39 is 24.3 Å². The number of allylic oxidation sites excluding steroid dienone is 8. The molecule has 0 heterocycles. The van der Waals surface area contributed by atoms with E-state index in [1.54, 1.807) is 0 Å². The van der Waals surface area contributed by atoms with Crippen molar-refractivity contribution in [3.05, 3.63) is 48.6 Å². The van der Waals surface area contributed by atoms with E-state index in [4.69, 9.17) is 18.9 Å². The number of carbonyl (C=O) groups excluding carboxylic acids is 2. The molecule has 2 atom stereocenters. The summed E-state index contributed by atoms with van der Waals surface area (Å²) in [6.45, 7) is 4.88. The minimum absolute atomic E-state index is 0.182. The Labute approximate surface area is 495 Å². The van der Waals surface area contributed by atoms with Crippen LogP contribution in [0.4, 0.5) is 0 Å². The molecule has 0 aliphatic carbocycles. The third kappa shape index (κ3) is 62.8. The topological polar surface area (TPSA) is 108 Å². The lowest BCUT2D eigenvalue weighted by Gasteiger charge is -2.25. The highest BCUT2D eigenvalue weighted by Crippen LogP contribution is 2.18. The Kier molecular flexibility index (Phi) is 60.2. The van der Waals surface area contributed by atoms with Crippen molar-refractivity contribution < 1.29 is 42.9 Å². The van der Waals surface area contributed by atoms with E-state index in [0.717, 1.165) is 64.2 Å². The summed E-state index contributed by atoms with van der Waals surface area (Å²) in [6, 6.07) is 0. The lowest BCUT2D eigenvalue weighted by atomic mass is 10.0. The molecule has 9 nitrogen and oxygen atoms in total. The molecule has 80 heavy (non-hydrogen) atoms. The van der Waals surface area contributed by atoms with Gasteiger partial charge in [0.25, 0.3) is 6.29 Å². The molecule has 0 aliphatic heterocycles. The number of rotatable bonds is 64. The molecule has 0 rings (SSSR count). The van der Waals surface area contributed by atoms with Crippen LogP contribution >= 0.6 is 0 Å². The van der Waals surface area contributed by atoms with Crippen LogP contribution in [0.25, 0.3) is 0 Å². The number of quaternary nitrogens is 1. The van der Waals surface area contributed by atoms with E-state index in [-0.39, 0.29) is 32.2 Å². The van der Waals surface area contributed by atoms with Crippen LogP contribution in [0.15, 0.2) is 48.6 Å². The van der Waals surface area contributed by atoms with Gasteiger partial charge >= 0.3 is 17.9 Å². The Morgan fingerprint density at radius 1 is 0.375 bits per heavy atom. The number of carboxylic acid groups (broad SMARTS) is 1. The van der Waals surface area contributed by atoms with Gasteiger partial charge in [-0.05, 0) is 77.0 Å². The predicted octanol–water partition coefficient (Wildman–Crippen LogP) is 21.0. The fourth-order valence-corrected chi connectivity index (χ4v) is 10.0. The van der Waals surface area contributed by atoms with Crippen molar-refractivity contribution in [3.63, 3.8) is 0 Å². The second-order valence-electron chi connectivity index (χ2n) is 24.5. The van der Waals surface area contributed by atoms with E-state index in [1.807, 2.05) is 21.1 Å². The molecule has 0 amide bonds. The van der Waals surface area contributed by atoms with Crippen LogP contribution in [-0.4, -0.2) is 87.4 Å². The van der Waals surface area contributed by atoms with Crippen molar-refractivity contribution in [2.24, 2.45) is 0 Å². The molecule has 0 radical (unpaired) electrons. The molecule has 9 heteroatoms. The predicted molar refractivity (Wildman–Crippen MR) is 341 cm³/mol. The molecule has 0 aromatic rings. The third-order valence-electron chi connectivity index (χ3n) is 15.3. The van der Waals surface area contributed by atoms with Gasteiger partial charge in [-0.1, -0.05) is 287 Å². The number of carbonyl (C=O) groups is 3. The van der Waals surface area contributed by atoms with Crippen LogP contribution in [0, 0.1) is 0 Å². The van der Waals surface area contributed by atoms with Crippen molar-refractivity contribution in [1.82, 2.24) is 0 Å². The van der Waals surface area contributed by atoms with Crippen LogP contribution in [0.2, 0.25) is 0 Å². The molecular formula is C71H132NO8+. The molecule has 0 aliphatic rings. The molecule has 0 spiro atoms. The van der Waals surface area contributed by atoms with Gasteiger partial charge in [0.15, 0.2) is 6.10 Å². The van der Waals surface area contributed by atoms with Gasteiger partial charge in [0.2, 0.25) is 0 Å². The summed E-state index contributed by atoms with van der Waals surface area (Å²) in [5, 5.41) is 9.71. The zero-order valence-electron chi connectivity index (χ0n) is 53.5. The number of carboxylic acids is 1. The molecule has 468 valence electrons. The fraction of sp³-hybridized carbons (Fsp3) is 0.845. The number of nitrogens with zero attached hydrogens (tertiary/aromatic N) is 1. The van der Waals surface area contributed by atoms with Gasteiger partial charge in [-0.25, -0.2) is 4.79 Å². The normalized spacial score (nSPS) is 13.0. The van der Waals surface area contributed by atoms with E-state index in [1.165, 1.54) is 238 Å². The van der Waals surface area contributed by atoms with Crippen molar-refractivity contribution in [2.75, 3.05) is 47.5 Å². The second kappa shape index (κ2) is 62.3. The second-order valence-corrected chi connectivity index (χ2v) is 24.5. The minimum atomic E-state index is -1.51. The monoisotopic (exact) mass is 1130 g/mol. The standard InChI is InChI=1S/C71H131NO8/c1-6-8-10-12-14-16-18-20-22-23-24-25-26-27-28-29-30-31-32-33-34-35-36-37-38-39-40-41-42-43-44-45-46-47-48-50-52-54-56-58-60-62-69(74)80-67(66-79-71(70(75)76)77-64-63-72(3,4)5)65-78-68(73)61-59-57-55-53-51-49-21-19-17-15-13-11-9-7-2/h18-21,23-24,26-27,67,71H,6-17,22,25,28-66H2,1-5H3/p+1/b20-18-,21-19-,24-23-,27-26-. The lowest BCUT2D eigenvalue weighted by molar-refractivity contribution is -0.870. The maximum Gasteiger partial charge on any atom is 0.361 e. The number of likely N-dealkylation sites (N-methyl/N-ethyl adjacent to an activating group) is 1. The highest BCUT2D eigenvalue weighted by Gasteiger charge is 2.25. The first-order chi connectivity index (χ1) is 39.1. The van der Waals surface area contributed by atoms with Gasteiger partial charge < -0.3 is 28.5 Å². The van der Waals surface area contributed by atoms with Gasteiger partial charge in [0, 0.05) is 12.8 Å². The van der Waals surface area contributed by atoms with Crippen molar-refractivity contribution in [1.29, 1.82) is 0 Å². The van der Waals surface area contributed by atoms with Crippen molar-refractivity contribution in [2.45, 2.75) is 341 Å². The maximum atomic E-state index is 12.9. The Hall–Kier alpha value is -2.75. The van der Waals surface area contributed by atoms with Gasteiger partial charge in [-0.2, -0.15) is 0 Å². The molecule has 0 fully saturated rings. The zero-order chi connectivity index (χ0) is 58.3. The summed E-state index contributed by atoms with van der Waals surface area (Å²) in [7, 11) is 5.98. The molecule has 2 unspecified atom stereocenters. The molecule has 0 aromatic heterocycles. The van der Waals surface area contributed by atoms with Gasteiger partial charge in [-0.3, -0.25) is 9.59 Å². The molecular weight excluding hydrogens is 995 g/mol. The summed E-state index contributed by atoms with van der Waals surface area (Å²) in [6.07, 6.45) is 76.8. The summed E-state index contributed by atoms with van der Waals surface area (Å²) in [5.74, 6) is -2.00. The lowest BCUT2D eigenvalue weighted by Crippen LogP contribution is -2.40. The molecule has 0 saturated heterocycles. The summed E-state index contributed by atoms with van der Waals surface area (Å²) in [4.78, 5) is 37.4. The number of aliphatic carboxylic acids is 1. The molecule has 0 bridgehead atoms. The molecule has 0 saturated carbocycles. The van der Waals surface area contributed by atoms with E-state index in [0.29, 0.717) is 17.4 Å². The van der Waals surface area contributed by atoms with Gasteiger partial charge in [0.05, 0.1) is 34.4 Å². The summed E-state index contributed by atoms with van der Waals surface area (Å²) < 4.78 is 22.9. The SMILES string of the molecule is CCCCCCC/C=C\C/C=C\C/C=C\CCCCCCCCCCCCCCCCCCCCCCCCCCCCC(=O)OC(COC(=O)CCCCCCC/C=C\CCCCCCC)COC(OCC[N+](C)(C)C)C(=O)O. The van der Waals surface area contributed by atoms with E-state index >= 15 is 0 Å². The minimum Gasteiger partial charge on any atom is -0.477 e. The van der Waals surface area contributed by atoms with Crippen LogP contribution in [0.5, 0.6) is 0 Å². The first kappa shape index (κ1) is 77.2. The first-order valence-corrected chi connectivity index (χ1v) is 34.3. The number of unbranched alkanes of at least 4 members (excludes halogenated alkanes) is 41. The summed E-state index contributed by atoms with van der Waals surface area (Å²) in [5.41, 5.74) is 0. The number of esters is 2. The number of hydrogen-bond acceptors (Lipinski definition) is 7. The van der Waals surface area contributed by atoms with Crippen molar-refractivity contribution in [3.8, 4) is 0 Å².